The van der Waals surface area contributed by atoms with Crippen LogP contribution in [0.5, 0.6) is 11.5 Å². The molecule has 1 aromatic rings. The number of halogens is 1. The van der Waals surface area contributed by atoms with Crippen molar-refractivity contribution in [1.29, 1.82) is 0 Å². The average molecular weight is 530 g/mol. The lowest BCUT2D eigenvalue weighted by molar-refractivity contribution is -0.121. The fourth-order valence-corrected chi connectivity index (χ4v) is 4.12. The van der Waals surface area contributed by atoms with Crippen LogP contribution in [-0.4, -0.2) is 56.7 Å². The fourth-order valence-electron chi connectivity index (χ4n) is 4.12. The Hall–Kier alpha value is -1.71. The number of nitrogens with one attached hydrogen (secondary N) is 2. The van der Waals surface area contributed by atoms with Crippen LogP contribution in [-0.2, 0) is 17.8 Å². The van der Waals surface area contributed by atoms with Crippen molar-refractivity contribution in [3.63, 3.8) is 0 Å². The number of nitrogens with zero attached hydrogens (tertiary/aromatic N) is 2. The molecule has 3 rings (SSSR count). The van der Waals surface area contributed by atoms with Crippen LogP contribution in [0.2, 0.25) is 0 Å². The van der Waals surface area contributed by atoms with E-state index in [1.807, 2.05) is 0 Å². The summed E-state index contributed by atoms with van der Waals surface area (Å²) in [5.41, 5.74) is 2.50. The third-order valence-corrected chi connectivity index (χ3v) is 5.67. The Morgan fingerprint density at radius 2 is 1.83 bits per heavy atom. The number of benzene rings is 1. The van der Waals surface area contributed by atoms with E-state index in [0.717, 1.165) is 56.4 Å². The summed E-state index contributed by atoms with van der Waals surface area (Å²) in [4.78, 5) is 19.1. The highest BCUT2D eigenvalue weighted by Gasteiger charge is 2.22. The summed E-state index contributed by atoms with van der Waals surface area (Å²) < 4.78 is 10.9. The van der Waals surface area contributed by atoms with Gasteiger partial charge in [-0.3, -0.25) is 9.79 Å². The van der Waals surface area contributed by atoms with Gasteiger partial charge in [-0.2, -0.15) is 0 Å². The van der Waals surface area contributed by atoms with Gasteiger partial charge in [0.25, 0.3) is 0 Å². The topological polar surface area (TPSA) is 75.2 Å². The normalized spacial score (nSPS) is 16.5. The van der Waals surface area contributed by atoms with Crippen molar-refractivity contribution in [3.8, 4) is 11.5 Å². The largest absolute Gasteiger partial charge is 0.493 e. The first kappa shape index (κ1) is 24.6. The van der Waals surface area contributed by atoms with Gasteiger partial charge in [-0.1, -0.05) is 12.8 Å². The molecule has 7 nitrogen and oxygen atoms in total. The van der Waals surface area contributed by atoms with E-state index in [0.29, 0.717) is 19.0 Å². The third kappa shape index (κ3) is 6.39. The molecule has 1 fully saturated rings. The number of amides is 1. The number of methoxy groups -OCH3 is 2. The molecule has 2 aliphatic rings. The highest BCUT2D eigenvalue weighted by molar-refractivity contribution is 14.0. The lowest BCUT2D eigenvalue weighted by Gasteiger charge is -2.32. The lowest BCUT2D eigenvalue weighted by atomic mass is 9.99. The van der Waals surface area contributed by atoms with E-state index in [2.05, 4.69) is 34.6 Å². The van der Waals surface area contributed by atoms with Crippen molar-refractivity contribution in [2.45, 2.75) is 58.0 Å². The van der Waals surface area contributed by atoms with Crippen LogP contribution in [0.1, 0.15) is 50.2 Å². The smallest absolute Gasteiger partial charge is 0.222 e. The molecule has 8 heteroatoms. The van der Waals surface area contributed by atoms with Crippen LogP contribution < -0.4 is 20.1 Å². The molecule has 1 aromatic carbocycles. The van der Waals surface area contributed by atoms with Gasteiger partial charge < -0.3 is 25.0 Å². The van der Waals surface area contributed by atoms with E-state index in [1.54, 1.807) is 14.2 Å². The zero-order valence-electron chi connectivity index (χ0n) is 18.3. The maximum absolute atomic E-state index is 12.2. The van der Waals surface area contributed by atoms with E-state index >= 15 is 0 Å². The molecular formula is C22H35IN4O3. The van der Waals surface area contributed by atoms with Gasteiger partial charge in [0, 0.05) is 32.1 Å². The molecule has 1 saturated carbocycles. The molecule has 0 bridgehead atoms. The number of carbonyl (C=O) groups excluding carboxylic acids is 1. The van der Waals surface area contributed by atoms with Gasteiger partial charge in [-0.25, -0.2) is 0 Å². The molecule has 0 aromatic heterocycles. The molecule has 0 radical (unpaired) electrons. The number of hydrogen-bond acceptors (Lipinski definition) is 4. The molecule has 1 aliphatic carbocycles. The van der Waals surface area contributed by atoms with E-state index in [1.165, 1.54) is 24.0 Å². The van der Waals surface area contributed by atoms with Crippen molar-refractivity contribution < 1.29 is 14.3 Å². The van der Waals surface area contributed by atoms with Crippen LogP contribution in [0.3, 0.4) is 0 Å². The molecule has 1 aliphatic heterocycles. The molecule has 0 spiro atoms. The predicted octanol–water partition coefficient (Wildman–Crippen LogP) is 3.09. The number of carbonyl (C=O) groups is 1. The van der Waals surface area contributed by atoms with E-state index in [9.17, 15) is 4.79 Å². The minimum atomic E-state index is 0. The van der Waals surface area contributed by atoms with Crippen LogP contribution >= 0.6 is 24.0 Å². The van der Waals surface area contributed by atoms with Crippen molar-refractivity contribution >= 4 is 35.8 Å². The lowest BCUT2D eigenvalue weighted by Crippen LogP contribution is -2.44. The molecule has 168 valence electrons. The van der Waals surface area contributed by atoms with Gasteiger partial charge >= 0.3 is 0 Å². The first-order valence-electron chi connectivity index (χ1n) is 10.7. The van der Waals surface area contributed by atoms with Crippen molar-refractivity contribution in [3.05, 3.63) is 23.3 Å². The summed E-state index contributed by atoms with van der Waals surface area (Å²) in [6.07, 6.45) is 6.02. The maximum atomic E-state index is 12.2. The summed E-state index contributed by atoms with van der Waals surface area (Å²) in [6, 6.07) is 4.49. The number of rotatable bonds is 7. The van der Waals surface area contributed by atoms with Crippen molar-refractivity contribution in [2.24, 2.45) is 4.99 Å². The quantitative estimate of drug-likeness (QED) is 0.322. The number of ether oxygens (including phenoxy) is 2. The Labute approximate surface area is 197 Å². The number of aliphatic imine (C=N–C) groups is 1. The van der Waals surface area contributed by atoms with Gasteiger partial charge in [0.05, 0.1) is 20.8 Å². The highest BCUT2D eigenvalue weighted by atomic mass is 127. The fraction of sp³-hybridized carbons (Fsp3) is 0.636. The van der Waals surface area contributed by atoms with E-state index in [-0.39, 0.29) is 29.9 Å². The van der Waals surface area contributed by atoms with E-state index in [4.69, 9.17) is 14.5 Å². The molecule has 30 heavy (non-hydrogen) atoms. The molecule has 1 amide bonds. The molecule has 0 atom stereocenters. The van der Waals surface area contributed by atoms with Crippen LogP contribution in [0, 0.1) is 0 Å². The van der Waals surface area contributed by atoms with Crippen LogP contribution in [0.4, 0.5) is 0 Å². The van der Waals surface area contributed by atoms with Crippen molar-refractivity contribution in [1.82, 2.24) is 15.5 Å². The summed E-state index contributed by atoms with van der Waals surface area (Å²) in [5.74, 6) is 2.49. The summed E-state index contributed by atoms with van der Waals surface area (Å²) in [6.45, 7) is 4.99. The standard InChI is InChI=1S/C22H34N4O3.HI/c1-4-23-22(24-11-9-21(27)25-18-7-5-6-8-18)26-12-10-16-13-19(28-2)20(29-3)14-17(16)15-26;/h13-14,18H,4-12,15H2,1-3H3,(H,23,24)(H,25,27);1H. The summed E-state index contributed by atoms with van der Waals surface area (Å²) in [7, 11) is 3.32. The second-order valence-corrected chi connectivity index (χ2v) is 7.68. The Morgan fingerprint density at radius 3 is 2.47 bits per heavy atom. The number of hydrogen-bond donors (Lipinski definition) is 2. The van der Waals surface area contributed by atoms with Gasteiger partial charge in [-0.15, -0.1) is 24.0 Å². The van der Waals surface area contributed by atoms with Crippen LogP contribution in [0.25, 0.3) is 0 Å². The highest BCUT2D eigenvalue weighted by Crippen LogP contribution is 2.33. The maximum Gasteiger partial charge on any atom is 0.222 e. The average Bonchev–Trinajstić information content (AvgIpc) is 3.24. The van der Waals surface area contributed by atoms with Gasteiger partial charge in [0.1, 0.15) is 0 Å². The van der Waals surface area contributed by atoms with Gasteiger partial charge in [0.2, 0.25) is 5.91 Å². The van der Waals surface area contributed by atoms with Crippen LogP contribution in [0.15, 0.2) is 17.1 Å². The summed E-state index contributed by atoms with van der Waals surface area (Å²) in [5, 5.41) is 6.50. The molecule has 0 unspecified atom stereocenters. The first-order valence-corrected chi connectivity index (χ1v) is 10.7. The Bertz CT molecular complexity index is 735. The minimum absolute atomic E-state index is 0. The first-order chi connectivity index (χ1) is 14.1. The Morgan fingerprint density at radius 1 is 1.17 bits per heavy atom. The zero-order chi connectivity index (χ0) is 20.6. The second kappa shape index (κ2) is 12.2. The molecule has 2 N–H and O–H groups in total. The molecule has 1 heterocycles. The number of fused-ring (bicyclic) bond motifs is 1. The Kier molecular flexibility index (Phi) is 10.0. The SMILES string of the molecule is CCNC(=NCCC(=O)NC1CCCC1)N1CCc2cc(OC)c(OC)cc2C1.I. The molecule has 0 saturated heterocycles. The third-order valence-electron chi connectivity index (χ3n) is 5.67. The summed E-state index contributed by atoms with van der Waals surface area (Å²) >= 11 is 0. The number of guanidine groups is 1. The zero-order valence-corrected chi connectivity index (χ0v) is 20.7. The van der Waals surface area contributed by atoms with Gasteiger partial charge in [0.15, 0.2) is 17.5 Å². The molecular weight excluding hydrogens is 495 g/mol. The predicted molar refractivity (Wildman–Crippen MR) is 130 cm³/mol. The van der Waals surface area contributed by atoms with Crippen molar-refractivity contribution in [2.75, 3.05) is 33.9 Å². The monoisotopic (exact) mass is 530 g/mol. The van der Waals surface area contributed by atoms with Gasteiger partial charge in [-0.05, 0) is 49.4 Å². The van der Waals surface area contributed by atoms with E-state index < -0.39 is 0 Å². The minimum Gasteiger partial charge on any atom is -0.493 e. The Balaban J connectivity index is 0.00000320. The second-order valence-electron chi connectivity index (χ2n) is 7.68.